The van der Waals surface area contributed by atoms with Crippen LogP contribution in [0.5, 0.6) is 0 Å². The molecule has 1 amide bonds. The molecule has 0 radical (unpaired) electrons. The monoisotopic (exact) mass is 287 g/mol. The second-order valence-electron chi connectivity index (χ2n) is 5.02. The minimum absolute atomic E-state index is 0.364. The van der Waals surface area contributed by atoms with Crippen molar-refractivity contribution in [1.82, 2.24) is 15.5 Å². The van der Waals surface area contributed by atoms with Crippen molar-refractivity contribution in [3.8, 4) is 11.5 Å². The molecular weight excluding hydrogens is 274 g/mol. The van der Waals surface area contributed by atoms with Gasteiger partial charge in [0.05, 0.1) is 0 Å². The molecule has 0 saturated heterocycles. The highest BCUT2D eigenvalue weighted by Gasteiger charge is 2.45. The molecule has 7 nitrogen and oxygen atoms in total. The SMILES string of the molecule is O=C(NC1(C(=O)O)CCC1)c1ccc(-c2nnco2)cc1. The van der Waals surface area contributed by atoms with Crippen molar-refractivity contribution < 1.29 is 19.1 Å². The number of aromatic nitrogens is 2. The average Bonchev–Trinajstić information content (AvgIpc) is 2.96. The lowest BCUT2D eigenvalue weighted by Crippen LogP contribution is -2.59. The van der Waals surface area contributed by atoms with Crippen molar-refractivity contribution in [3.63, 3.8) is 0 Å². The summed E-state index contributed by atoms with van der Waals surface area (Å²) in [7, 11) is 0. The predicted octanol–water partition coefficient (Wildman–Crippen LogP) is 1.47. The third-order valence-electron chi connectivity index (χ3n) is 3.72. The molecule has 1 aliphatic rings. The van der Waals surface area contributed by atoms with Gasteiger partial charge in [0.1, 0.15) is 5.54 Å². The molecule has 0 aliphatic heterocycles. The molecule has 21 heavy (non-hydrogen) atoms. The van der Waals surface area contributed by atoms with Crippen LogP contribution in [0.1, 0.15) is 29.6 Å². The van der Waals surface area contributed by atoms with Crippen LogP contribution >= 0.6 is 0 Å². The molecule has 1 fully saturated rings. The number of amides is 1. The predicted molar refractivity (Wildman–Crippen MR) is 71.4 cm³/mol. The van der Waals surface area contributed by atoms with Gasteiger partial charge in [-0.25, -0.2) is 4.79 Å². The molecule has 1 saturated carbocycles. The van der Waals surface area contributed by atoms with E-state index in [1.54, 1.807) is 24.3 Å². The van der Waals surface area contributed by atoms with Crippen LogP contribution in [0.15, 0.2) is 35.1 Å². The van der Waals surface area contributed by atoms with E-state index in [1.165, 1.54) is 6.39 Å². The molecule has 0 spiro atoms. The molecule has 1 aromatic carbocycles. The Morgan fingerprint density at radius 1 is 1.24 bits per heavy atom. The summed E-state index contributed by atoms with van der Waals surface area (Å²) in [6, 6.07) is 6.56. The van der Waals surface area contributed by atoms with Crippen LogP contribution < -0.4 is 5.32 Å². The average molecular weight is 287 g/mol. The first-order valence-corrected chi connectivity index (χ1v) is 6.53. The fraction of sp³-hybridized carbons (Fsp3) is 0.286. The van der Waals surface area contributed by atoms with E-state index >= 15 is 0 Å². The molecule has 0 unspecified atom stereocenters. The topological polar surface area (TPSA) is 105 Å². The fourth-order valence-corrected chi connectivity index (χ4v) is 2.28. The van der Waals surface area contributed by atoms with Crippen molar-refractivity contribution in [3.05, 3.63) is 36.2 Å². The number of carboxylic acid groups (broad SMARTS) is 1. The second-order valence-corrected chi connectivity index (χ2v) is 5.02. The Labute approximate surface area is 120 Å². The summed E-state index contributed by atoms with van der Waals surface area (Å²) >= 11 is 0. The quantitative estimate of drug-likeness (QED) is 0.882. The summed E-state index contributed by atoms with van der Waals surface area (Å²) in [5.74, 6) is -1.01. The number of hydrogen-bond donors (Lipinski definition) is 2. The first-order valence-electron chi connectivity index (χ1n) is 6.53. The fourth-order valence-electron chi connectivity index (χ4n) is 2.28. The zero-order valence-corrected chi connectivity index (χ0v) is 11.1. The number of hydrogen-bond acceptors (Lipinski definition) is 5. The molecule has 108 valence electrons. The lowest BCUT2D eigenvalue weighted by molar-refractivity contribution is -0.148. The van der Waals surface area contributed by atoms with E-state index in [0.717, 1.165) is 6.42 Å². The summed E-state index contributed by atoms with van der Waals surface area (Å²) in [4.78, 5) is 23.4. The maximum absolute atomic E-state index is 12.1. The number of benzene rings is 1. The van der Waals surface area contributed by atoms with Crippen LogP contribution in [0.4, 0.5) is 0 Å². The Morgan fingerprint density at radius 3 is 2.43 bits per heavy atom. The maximum atomic E-state index is 12.1. The van der Waals surface area contributed by atoms with E-state index in [-0.39, 0.29) is 0 Å². The normalized spacial score (nSPS) is 16.0. The van der Waals surface area contributed by atoms with Gasteiger partial charge in [-0.15, -0.1) is 10.2 Å². The maximum Gasteiger partial charge on any atom is 0.329 e. The van der Waals surface area contributed by atoms with Gasteiger partial charge in [-0.3, -0.25) is 4.79 Å². The van der Waals surface area contributed by atoms with E-state index in [9.17, 15) is 14.7 Å². The molecule has 2 N–H and O–H groups in total. The summed E-state index contributed by atoms with van der Waals surface area (Å²) in [5.41, 5.74) is -0.0196. The standard InChI is InChI=1S/C14H13N3O4/c18-11(16-14(13(19)20)6-1-7-14)9-2-4-10(5-3-9)12-17-15-8-21-12/h2-5,8H,1,6-7H2,(H,16,18)(H,19,20). The first kappa shape index (κ1) is 13.3. The lowest BCUT2D eigenvalue weighted by Gasteiger charge is -2.38. The molecule has 1 aromatic heterocycles. The number of nitrogens with zero attached hydrogens (tertiary/aromatic N) is 2. The van der Waals surface area contributed by atoms with Crippen LogP contribution in [0.2, 0.25) is 0 Å². The number of aliphatic carboxylic acids is 1. The molecule has 0 bridgehead atoms. The molecule has 1 heterocycles. The van der Waals surface area contributed by atoms with E-state index in [2.05, 4.69) is 15.5 Å². The Bertz CT molecular complexity index is 660. The van der Waals surface area contributed by atoms with Crippen LogP contribution in [0.3, 0.4) is 0 Å². The highest BCUT2D eigenvalue weighted by Crippen LogP contribution is 2.32. The van der Waals surface area contributed by atoms with Crippen molar-refractivity contribution in [2.75, 3.05) is 0 Å². The van der Waals surface area contributed by atoms with E-state index in [0.29, 0.717) is 29.9 Å². The number of rotatable bonds is 4. The van der Waals surface area contributed by atoms with Gasteiger partial charge >= 0.3 is 5.97 Å². The van der Waals surface area contributed by atoms with Crippen molar-refractivity contribution in [2.24, 2.45) is 0 Å². The van der Waals surface area contributed by atoms with E-state index in [4.69, 9.17) is 4.42 Å². The number of nitrogens with one attached hydrogen (secondary N) is 1. The smallest absolute Gasteiger partial charge is 0.329 e. The number of carbonyl (C=O) groups excluding carboxylic acids is 1. The second kappa shape index (κ2) is 5.01. The zero-order valence-electron chi connectivity index (χ0n) is 11.1. The van der Waals surface area contributed by atoms with Crippen molar-refractivity contribution in [1.29, 1.82) is 0 Å². The lowest BCUT2D eigenvalue weighted by atomic mass is 9.76. The van der Waals surface area contributed by atoms with Gasteiger partial charge in [-0.1, -0.05) is 0 Å². The van der Waals surface area contributed by atoms with Gasteiger partial charge in [0.2, 0.25) is 12.3 Å². The third-order valence-corrected chi connectivity index (χ3v) is 3.72. The van der Waals surface area contributed by atoms with Crippen LogP contribution in [0.25, 0.3) is 11.5 Å². The minimum atomic E-state index is -1.11. The summed E-state index contributed by atoms with van der Waals surface area (Å²) in [6.45, 7) is 0. The Balaban J connectivity index is 1.75. The number of carbonyl (C=O) groups is 2. The Hall–Kier alpha value is -2.70. The summed E-state index contributed by atoms with van der Waals surface area (Å²) < 4.78 is 5.06. The van der Waals surface area contributed by atoms with Crippen LogP contribution in [-0.2, 0) is 4.79 Å². The van der Waals surface area contributed by atoms with Gasteiger partial charge in [0.25, 0.3) is 5.91 Å². The van der Waals surface area contributed by atoms with E-state index in [1.807, 2.05) is 0 Å². The van der Waals surface area contributed by atoms with E-state index < -0.39 is 17.4 Å². The Kier molecular flexibility index (Phi) is 3.17. The molecule has 7 heteroatoms. The largest absolute Gasteiger partial charge is 0.480 e. The Morgan fingerprint density at radius 2 is 1.95 bits per heavy atom. The first-order chi connectivity index (χ1) is 10.1. The zero-order chi connectivity index (χ0) is 14.9. The highest BCUT2D eigenvalue weighted by atomic mass is 16.4. The van der Waals surface area contributed by atoms with Crippen LogP contribution in [-0.4, -0.2) is 32.7 Å². The minimum Gasteiger partial charge on any atom is -0.480 e. The highest BCUT2D eigenvalue weighted by molar-refractivity contribution is 5.98. The molecular formula is C14H13N3O4. The van der Waals surface area contributed by atoms with Gasteiger partial charge < -0.3 is 14.8 Å². The van der Waals surface area contributed by atoms with Gasteiger partial charge in [-0.05, 0) is 43.5 Å². The molecule has 0 atom stereocenters. The molecule has 3 rings (SSSR count). The summed E-state index contributed by atoms with van der Waals surface area (Å²) in [6.07, 6.45) is 2.97. The van der Waals surface area contributed by atoms with Gasteiger partial charge in [-0.2, -0.15) is 0 Å². The van der Waals surface area contributed by atoms with Crippen molar-refractivity contribution >= 4 is 11.9 Å². The van der Waals surface area contributed by atoms with Gasteiger partial charge in [0, 0.05) is 11.1 Å². The number of carboxylic acids is 1. The van der Waals surface area contributed by atoms with Gasteiger partial charge in [0.15, 0.2) is 0 Å². The van der Waals surface area contributed by atoms with Crippen molar-refractivity contribution in [2.45, 2.75) is 24.8 Å². The van der Waals surface area contributed by atoms with Crippen LogP contribution in [0, 0.1) is 0 Å². The third kappa shape index (κ3) is 2.37. The molecule has 1 aliphatic carbocycles. The molecule has 2 aromatic rings. The summed E-state index contributed by atoms with van der Waals surface area (Å²) in [5, 5.41) is 19.2.